The molecule has 1 saturated heterocycles. The first-order chi connectivity index (χ1) is 7.56. The lowest BCUT2D eigenvalue weighted by molar-refractivity contribution is 0.165. The molecule has 1 aliphatic rings. The summed E-state index contributed by atoms with van der Waals surface area (Å²) in [5, 5.41) is 0. The van der Waals surface area contributed by atoms with Crippen LogP contribution < -0.4 is 0 Å². The van der Waals surface area contributed by atoms with Crippen LogP contribution in [0.1, 0.15) is 40.0 Å². The first-order valence-electron chi connectivity index (χ1n) is 6.56. The molecule has 3 heteroatoms. The van der Waals surface area contributed by atoms with Crippen LogP contribution in [-0.2, 0) is 0 Å². The van der Waals surface area contributed by atoms with Gasteiger partial charge in [-0.2, -0.15) is 0 Å². The Morgan fingerprint density at radius 2 is 2.06 bits per heavy atom. The van der Waals surface area contributed by atoms with Gasteiger partial charge in [0, 0.05) is 26.7 Å². The lowest BCUT2D eigenvalue weighted by Crippen LogP contribution is -2.41. The van der Waals surface area contributed by atoms with Crippen LogP contribution in [-0.4, -0.2) is 42.5 Å². The molecule has 1 unspecified atom stereocenters. The molecule has 94 valence electrons. The number of carbonyl (C=O) groups excluding carboxylic acids is 1. The van der Waals surface area contributed by atoms with Crippen LogP contribution >= 0.6 is 0 Å². The van der Waals surface area contributed by atoms with Crippen molar-refractivity contribution in [2.75, 3.05) is 26.7 Å². The quantitative estimate of drug-likeness (QED) is 0.710. The topological polar surface area (TPSA) is 23.6 Å². The zero-order valence-electron chi connectivity index (χ0n) is 11.2. The Balaban J connectivity index is 2.50. The van der Waals surface area contributed by atoms with Crippen LogP contribution in [0.25, 0.3) is 0 Å². The van der Waals surface area contributed by atoms with Crippen molar-refractivity contribution < 1.29 is 4.79 Å². The van der Waals surface area contributed by atoms with E-state index in [0.717, 1.165) is 37.9 Å². The summed E-state index contributed by atoms with van der Waals surface area (Å²) >= 11 is 0. The Kier molecular flexibility index (Phi) is 5.10. The largest absolute Gasteiger partial charge is 0.328 e. The molecule has 1 aliphatic heterocycles. The number of urea groups is 1. The highest BCUT2D eigenvalue weighted by molar-refractivity contribution is 5.74. The average Bonchev–Trinajstić information content (AvgIpc) is 2.52. The molecule has 0 N–H and O–H groups in total. The minimum absolute atomic E-state index is 0.201. The summed E-state index contributed by atoms with van der Waals surface area (Å²) in [7, 11) is 1.88. The highest BCUT2D eigenvalue weighted by Gasteiger charge is 2.23. The van der Waals surface area contributed by atoms with Crippen molar-refractivity contribution in [3.8, 4) is 0 Å². The van der Waals surface area contributed by atoms with Crippen LogP contribution in [0.3, 0.4) is 0 Å². The van der Waals surface area contributed by atoms with E-state index in [4.69, 9.17) is 0 Å². The van der Waals surface area contributed by atoms with Crippen LogP contribution in [0, 0.1) is 11.8 Å². The van der Waals surface area contributed by atoms with Crippen LogP contribution in [0.15, 0.2) is 0 Å². The van der Waals surface area contributed by atoms with E-state index in [9.17, 15) is 4.79 Å². The number of hydrogen-bond donors (Lipinski definition) is 0. The molecule has 2 amide bonds. The molecule has 0 aromatic rings. The van der Waals surface area contributed by atoms with E-state index in [-0.39, 0.29) is 6.03 Å². The maximum Gasteiger partial charge on any atom is 0.319 e. The van der Waals surface area contributed by atoms with E-state index in [1.807, 2.05) is 18.9 Å². The van der Waals surface area contributed by atoms with Gasteiger partial charge >= 0.3 is 6.03 Å². The summed E-state index contributed by atoms with van der Waals surface area (Å²) < 4.78 is 0. The van der Waals surface area contributed by atoms with Gasteiger partial charge in [-0.1, -0.05) is 13.8 Å². The standard InChI is InChI=1S/C13H26N2O/c1-5-14(4)13(16)15-9-6-7-12(8-10-15)11(2)3/h11-12H,5-10H2,1-4H3. The van der Waals surface area contributed by atoms with Gasteiger partial charge in [-0.25, -0.2) is 4.79 Å². The number of amides is 2. The van der Waals surface area contributed by atoms with Crippen molar-refractivity contribution in [2.45, 2.75) is 40.0 Å². The molecule has 1 heterocycles. The predicted octanol–water partition coefficient (Wildman–Crippen LogP) is 2.82. The fraction of sp³-hybridized carbons (Fsp3) is 0.923. The van der Waals surface area contributed by atoms with Crippen molar-refractivity contribution in [1.82, 2.24) is 9.80 Å². The van der Waals surface area contributed by atoms with E-state index in [0.29, 0.717) is 0 Å². The molecule has 0 aliphatic carbocycles. The Hall–Kier alpha value is -0.730. The minimum Gasteiger partial charge on any atom is -0.328 e. The number of nitrogens with zero attached hydrogens (tertiary/aromatic N) is 2. The van der Waals surface area contributed by atoms with Crippen LogP contribution in [0.2, 0.25) is 0 Å². The molecule has 0 saturated carbocycles. The number of carbonyl (C=O) groups is 1. The lowest BCUT2D eigenvalue weighted by Gasteiger charge is -2.26. The second kappa shape index (κ2) is 6.12. The molecule has 3 nitrogen and oxygen atoms in total. The molecule has 0 aromatic heterocycles. The summed E-state index contributed by atoms with van der Waals surface area (Å²) in [5.41, 5.74) is 0. The maximum absolute atomic E-state index is 12.0. The molecular formula is C13H26N2O. The van der Waals surface area contributed by atoms with Gasteiger partial charge in [0.2, 0.25) is 0 Å². The van der Waals surface area contributed by atoms with Gasteiger partial charge in [0.1, 0.15) is 0 Å². The van der Waals surface area contributed by atoms with Gasteiger partial charge in [-0.3, -0.25) is 0 Å². The summed E-state index contributed by atoms with van der Waals surface area (Å²) in [4.78, 5) is 15.8. The van der Waals surface area contributed by atoms with E-state index in [1.54, 1.807) is 4.90 Å². The molecule has 1 fully saturated rings. The fourth-order valence-electron chi connectivity index (χ4n) is 2.36. The third kappa shape index (κ3) is 3.39. The van der Waals surface area contributed by atoms with Crippen molar-refractivity contribution in [1.29, 1.82) is 0 Å². The third-order valence-electron chi connectivity index (χ3n) is 3.79. The van der Waals surface area contributed by atoms with Gasteiger partial charge in [0.25, 0.3) is 0 Å². The minimum atomic E-state index is 0.201. The Morgan fingerprint density at radius 1 is 1.38 bits per heavy atom. The smallest absolute Gasteiger partial charge is 0.319 e. The highest BCUT2D eigenvalue weighted by Crippen LogP contribution is 2.24. The Morgan fingerprint density at radius 3 is 2.62 bits per heavy atom. The zero-order chi connectivity index (χ0) is 12.1. The highest BCUT2D eigenvalue weighted by atomic mass is 16.2. The Labute approximate surface area is 99.8 Å². The molecule has 0 aromatic carbocycles. The maximum atomic E-state index is 12.0. The number of hydrogen-bond acceptors (Lipinski definition) is 1. The summed E-state index contributed by atoms with van der Waals surface area (Å²) in [6.45, 7) is 9.27. The van der Waals surface area contributed by atoms with E-state index >= 15 is 0 Å². The van der Waals surface area contributed by atoms with Crippen molar-refractivity contribution >= 4 is 6.03 Å². The van der Waals surface area contributed by atoms with Crippen LogP contribution in [0.5, 0.6) is 0 Å². The van der Waals surface area contributed by atoms with Crippen molar-refractivity contribution in [3.63, 3.8) is 0 Å². The van der Waals surface area contributed by atoms with Gasteiger partial charge in [0.15, 0.2) is 0 Å². The lowest BCUT2D eigenvalue weighted by atomic mass is 9.89. The fourth-order valence-corrected chi connectivity index (χ4v) is 2.36. The first-order valence-corrected chi connectivity index (χ1v) is 6.56. The summed E-state index contributed by atoms with van der Waals surface area (Å²) in [6, 6.07) is 0.201. The molecule has 0 bridgehead atoms. The monoisotopic (exact) mass is 226 g/mol. The molecule has 1 rings (SSSR count). The molecule has 0 radical (unpaired) electrons. The SMILES string of the molecule is CCN(C)C(=O)N1CCCC(C(C)C)CC1. The van der Waals surface area contributed by atoms with Gasteiger partial charge in [-0.05, 0) is 38.0 Å². The van der Waals surface area contributed by atoms with E-state index < -0.39 is 0 Å². The van der Waals surface area contributed by atoms with Crippen molar-refractivity contribution in [2.24, 2.45) is 11.8 Å². The Bertz CT molecular complexity index is 228. The van der Waals surface area contributed by atoms with Gasteiger partial charge in [-0.15, -0.1) is 0 Å². The molecule has 1 atom stereocenters. The van der Waals surface area contributed by atoms with Gasteiger partial charge in [0.05, 0.1) is 0 Å². The van der Waals surface area contributed by atoms with E-state index in [2.05, 4.69) is 13.8 Å². The second-order valence-electron chi connectivity index (χ2n) is 5.22. The zero-order valence-corrected chi connectivity index (χ0v) is 11.2. The van der Waals surface area contributed by atoms with Crippen LogP contribution in [0.4, 0.5) is 4.79 Å². The predicted molar refractivity (Wildman–Crippen MR) is 67.5 cm³/mol. The number of rotatable bonds is 2. The first kappa shape index (κ1) is 13.3. The molecule has 16 heavy (non-hydrogen) atoms. The van der Waals surface area contributed by atoms with E-state index in [1.165, 1.54) is 12.8 Å². The molecular weight excluding hydrogens is 200 g/mol. The molecule has 0 spiro atoms. The second-order valence-corrected chi connectivity index (χ2v) is 5.22. The summed E-state index contributed by atoms with van der Waals surface area (Å²) in [5.74, 6) is 1.55. The third-order valence-corrected chi connectivity index (χ3v) is 3.79. The van der Waals surface area contributed by atoms with Crippen molar-refractivity contribution in [3.05, 3.63) is 0 Å². The normalized spacial score (nSPS) is 22.1. The summed E-state index contributed by atoms with van der Waals surface area (Å²) in [6.07, 6.45) is 3.60. The number of likely N-dealkylation sites (tertiary alicyclic amines) is 1. The van der Waals surface area contributed by atoms with Gasteiger partial charge < -0.3 is 9.80 Å². The average molecular weight is 226 g/mol.